The molecule has 0 aromatic heterocycles. The smallest absolute Gasteiger partial charge is 0.293 e. The quantitative estimate of drug-likeness (QED) is 0.468. The lowest BCUT2D eigenvalue weighted by Crippen LogP contribution is -2.29. The average Bonchev–Trinajstić information content (AvgIpc) is 2.25. The summed E-state index contributed by atoms with van der Waals surface area (Å²) in [6.45, 7) is 6.88. The van der Waals surface area contributed by atoms with Gasteiger partial charge in [0.1, 0.15) is 12.0 Å². The van der Waals surface area contributed by atoms with Gasteiger partial charge in [-0.15, -0.1) is 0 Å². The molecule has 0 saturated heterocycles. The Morgan fingerprint density at radius 3 is 2.44 bits per heavy atom. The van der Waals surface area contributed by atoms with Crippen LogP contribution in [0.3, 0.4) is 0 Å². The van der Waals surface area contributed by atoms with E-state index in [0.717, 1.165) is 0 Å². The van der Waals surface area contributed by atoms with Crippen molar-refractivity contribution in [2.24, 2.45) is 5.41 Å². The van der Waals surface area contributed by atoms with Gasteiger partial charge in [-0.2, -0.15) is 0 Å². The van der Waals surface area contributed by atoms with Crippen molar-refractivity contribution >= 4 is 17.7 Å². The minimum Gasteiger partial charge on any atom is -0.369 e. The highest BCUT2D eigenvalue weighted by molar-refractivity contribution is 5.79. The normalized spacial score (nSPS) is 11.1. The zero-order valence-corrected chi connectivity index (χ0v) is 11.1. The predicted octanol–water partition coefficient (Wildman–Crippen LogP) is 2.89. The summed E-state index contributed by atoms with van der Waals surface area (Å²) in [6, 6.07) is 4.52. The maximum atomic E-state index is 11.0. The van der Waals surface area contributed by atoms with Crippen molar-refractivity contribution in [3.63, 3.8) is 0 Å². The van der Waals surface area contributed by atoms with Crippen LogP contribution in [0.4, 0.5) is 11.4 Å². The predicted molar refractivity (Wildman–Crippen MR) is 71.2 cm³/mol. The number of nitro groups is 1. The van der Waals surface area contributed by atoms with Gasteiger partial charge in [0.2, 0.25) is 0 Å². The largest absolute Gasteiger partial charge is 0.369 e. The van der Waals surface area contributed by atoms with E-state index in [2.05, 4.69) is 20.8 Å². The van der Waals surface area contributed by atoms with Crippen LogP contribution in [0.25, 0.3) is 0 Å². The van der Waals surface area contributed by atoms with Crippen molar-refractivity contribution in [1.82, 2.24) is 0 Å². The van der Waals surface area contributed by atoms with E-state index in [1.807, 2.05) is 11.9 Å². The lowest BCUT2D eigenvalue weighted by atomic mass is 9.96. The summed E-state index contributed by atoms with van der Waals surface area (Å²) in [5.41, 5.74) is 0.841. The first-order valence-corrected chi connectivity index (χ1v) is 5.69. The number of hydrogen-bond acceptors (Lipinski definition) is 4. The standard InChI is InChI=1S/C13H18N2O3/c1-13(2,3)9-14(4)11-6-5-10(8-16)7-12(11)15(17)18/h5-8H,9H2,1-4H3. The third-order valence-corrected chi connectivity index (χ3v) is 2.46. The molecule has 5 nitrogen and oxygen atoms in total. The lowest BCUT2D eigenvalue weighted by Gasteiger charge is -2.28. The third kappa shape index (κ3) is 3.55. The molecule has 0 radical (unpaired) electrons. The molecule has 0 aliphatic heterocycles. The highest BCUT2D eigenvalue weighted by Gasteiger charge is 2.21. The van der Waals surface area contributed by atoms with Crippen LogP contribution < -0.4 is 4.90 Å². The Kier molecular flexibility index (Phi) is 4.06. The maximum Gasteiger partial charge on any atom is 0.293 e. The minimum atomic E-state index is -0.457. The second-order valence-electron chi connectivity index (χ2n) is 5.54. The number of rotatable bonds is 4. The average molecular weight is 250 g/mol. The van der Waals surface area contributed by atoms with Crippen molar-refractivity contribution in [1.29, 1.82) is 0 Å². The molecular weight excluding hydrogens is 232 g/mol. The Hall–Kier alpha value is -1.91. The number of nitrogens with zero attached hydrogens (tertiary/aromatic N) is 2. The summed E-state index contributed by atoms with van der Waals surface area (Å²) in [4.78, 5) is 23.1. The molecule has 1 rings (SSSR count). The molecule has 0 N–H and O–H groups in total. The van der Waals surface area contributed by atoms with Crippen molar-refractivity contribution in [2.75, 3.05) is 18.5 Å². The summed E-state index contributed by atoms with van der Waals surface area (Å²) >= 11 is 0. The number of hydrogen-bond donors (Lipinski definition) is 0. The van der Waals surface area contributed by atoms with Gasteiger partial charge in [-0.25, -0.2) is 0 Å². The van der Waals surface area contributed by atoms with Crippen LogP contribution in [-0.4, -0.2) is 24.8 Å². The molecule has 98 valence electrons. The first-order chi connectivity index (χ1) is 8.24. The van der Waals surface area contributed by atoms with Crippen LogP contribution in [0.15, 0.2) is 18.2 Å². The molecule has 0 unspecified atom stereocenters. The fourth-order valence-electron chi connectivity index (χ4n) is 1.88. The number of carbonyl (C=O) groups excluding carboxylic acids is 1. The fourth-order valence-corrected chi connectivity index (χ4v) is 1.88. The van der Waals surface area contributed by atoms with Crippen LogP contribution in [0.2, 0.25) is 0 Å². The highest BCUT2D eigenvalue weighted by atomic mass is 16.6. The molecule has 0 heterocycles. The Labute approximate surface area is 107 Å². The number of nitro benzene ring substituents is 1. The summed E-state index contributed by atoms with van der Waals surface area (Å²) in [5.74, 6) is 0. The van der Waals surface area contributed by atoms with Gasteiger partial charge in [-0.3, -0.25) is 14.9 Å². The minimum absolute atomic E-state index is 0.0337. The van der Waals surface area contributed by atoms with E-state index < -0.39 is 4.92 Å². The van der Waals surface area contributed by atoms with Crippen LogP contribution >= 0.6 is 0 Å². The molecule has 1 aromatic carbocycles. The summed E-state index contributed by atoms with van der Waals surface area (Å²) < 4.78 is 0. The van der Waals surface area contributed by atoms with Crippen LogP contribution in [0.1, 0.15) is 31.1 Å². The van der Waals surface area contributed by atoms with E-state index in [4.69, 9.17) is 0 Å². The van der Waals surface area contributed by atoms with E-state index in [1.165, 1.54) is 6.07 Å². The first kappa shape index (κ1) is 14.2. The van der Waals surface area contributed by atoms with Crippen LogP contribution in [0.5, 0.6) is 0 Å². The molecule has 0 amide bonds. The molecule has 0 spiro atoms. The maximum absolute atomic E-state index is 11.0. The molecule has 18 heavy (non-hydrogen) atoms. The molecule has 0 aliphatic carbocycles. The molecule has 0 atom stereocenters. The summed E-state index contributed by atoms with van der Waals surface area (Å²) in [7, 11) is 1.81. The molecule has 1 aromatic rings. The Morgan fingerprint density at radius 2 is 2.00 bits per heavy atom. The molecule has 0 saturated carbocycles. The summed E-state index contributed by atoms with van der Waals surface area (Å²) in [6.07, 6.45) is 0.612. The molecular formula is C13H18N2O3. The highest BCUT2D eigenvalue weighted by Crippen LogP contribution is 2.30. The fraction of sp³-hybridized carbons (Fsp3) is 0.462. The van der Waals surface area contributed by atoms with Gasteiger partial charge in [-0.1, -0.05) is 20.8 Å². The monoisotopic (exact) mass is 250 g/mol. The van der Waals surface area contributed by atoms with Crippen LogP contribution in [0, 0.1) is 15.5 Å². The van der Waals surface area contributed by atoms with Gasteiger partial charge in [0.05, 0.1) is 4.92 Å². The molecule has 0 bridgehead atoms. The van der Waals surface area contributed by atoms with E-state index in [-0.39, 0.29) is 11.1 Å². The van der Waals surface area contributed by atoms with Gasteiger partial charge < -0.3 is 4.90 Å². The molecule has 0 aliphatic rings. The Bertz CT molecular complexity index is 464. The number of benzene rings is 1. The number of aldehydes is 1. The first-order valence-electron chi connectivity index (χ1n) is 5.69. The van der Waals surface area contributed by atoms with Gasteiger partial charge >= 0.3 is 0 Å². The van der Waals surface area contributed by atoms with Crippen molar-refractivity contribution < 1.29 is 9.72 Å². The van der Waals surface area contributed by atoms with E-state index in [0.29, 0.717) is 24.1 Å². The Balaban J connectivity index is 3.15. The second kappa shape index (κ2) is 5.16. The third-order valence-electron chi connectivity index (χ3n) is 2.46. The molecule has 5 heteroatoms. The second-order valence-corrected chi connectivity index (χ2v) is 5.54. The van der Waals surface area contributed by atoms with Gasteiger partial charge in [-0.05, 0) is 17.5 Å². The van der Waals surface area contributed by atoms with Crippen molar-refractivity contribution in [3.8, 4) is 0 Å². The van der Waals surface area contributed by atoms with E-state index in [1.54, 1.807) is 12.1 Å². The van der Waals surface area contributed by atoms with Crippen molar-refractivity contribution in [3.05, 3.63) is 33.9 Å². The van der Waals surface area contributed by atoms with E-state index in [9.17, 15) is 14.9 Å². The van der Waals surface area contributed by atoms with Crippen LogP contribution in [-0.2, 0) is 0 Å². The van der Waals surface area contributed by atoms with Gasteiger partial charge in [0.25, 0.3) is 5.69 Å². The number of carbonyl (C=O) groups is 1. The number of anilines is 1. The zero-order valence-electron chi connectivity index (χ0n) is 11.1. The van der Waals surface area contributed by atoms with E-state index >= 15 is 0 Å². The zero-order chi connectivity index (χ0) is 13.9. The topological polar surface area (TPSA) is 63.5 Å². The summed E-state index contributed by atoms with van der Waals surface area (Å²) in [5, 5.41) is 11.0. The SMILES string of the molecule is CN(CC(C)(C)C)c1ccc(C=O)cc1[N+](=O)[O-]. The van der Waals surface area contributed by atoms with Gasteiger partial charge in [0, 0.05) is 25.2 Å². The Morgan fingerprint density at radius 1 is 1.39 bits per heavy atom. The van der Waals surface area contributed by atoms with Gasteiger partial charge in [0.15, 0.2) is 0 Å². The lowest BCUT2D eigenvalue weighted by molar-refractivity contribution is -0.384. The van der Waals surface area contributed by atoms with Crippen molar-refractivity contribution in [2.45, 2.75) is 20.8 Å². The molecule has 0 fully saturated rings.